The monoisotopic (exact) mass is 258 g/mol. The van der Waals surface area contributed by atoms with Crippen LogP contribution in [0.15, 0.2) is 28.8 Å². The van der Waals surface area contributed by atoms with Crippen LogP contribution >= 0.6 is 0 Å². The molecular formula is C15H18N2O2. The van der Waals surface area contributed by atoms with E-state index in [1.807, 2.05) is 52.0 Å². The summed E-state index contributed by atoms with van der Waals surface area (Å²) in [5.74, 6) is 0.561. The number of amides is 1. The van der Waals surface area contributed by atoms with Gasteiger partial charge in [0.2, 0.25) is 0 Å². The molecule has 0 spiro atoms. The first-order valence-electron chi connectivity index (χ1n) is 6.36. The van der Waals surface area contributed by atoms with Gasteiger partial charge in [-0.3, -0.25) is 4.79 Å². The van der Waals surface area contributed by atoms with Crippen molar-refractivity contribution in [3.63, 3.8) is 0 Å². The molecule has 1 aromatic carbocycles. The van der Waals surface area contributed by atoms with E-state index in [0.29, 0.717) is 18.0 Å². The maximum Gasteiger partial charge on any atom is 0.280 e. The van der Waals surface area contributed by atoms with Crippen molar-refractivity contribution in [3.8, 4) is 0 Å². The maximum absolute atomic E-state index is 12.5. The van der Waals surface area contributed by atoms with E-state index in [4.69, 9.17) is 4.52 Å². The van der Waals surface area contributed by atoms with Gasteiger partial charge in [-0.15, -0.1) is 0 Å². The van der Waals surface area contributed by atoms with Crippen molar-refractivity contribution in [2.24, 2.45) is 0 Å². The summed E-state index contributed by atoms with van der Waals surface area (Å²) in [5, 5.41) is 3.87. The normalized spacial score (nSPS) is 10.5. The summed E-state index contributed by atoms with van der Waals surface area (Å²) in [6, 6.07) is 7.87. The molecule has 0 N–H and O–H groups in total. The standard InChI is InChI=1S/C15H18N2O2/c1-5-17(13-8-6-7-10(2)9-13)15(18)14-11(3)12(4)19-16-14/h6-9H,5H2,1-4H3. The highest BCUT2D eigenvalue weighted by molar-refractivity contribution is 6.05. The van der Waals surface area contributed by atoms with Gasteiger partial charge < -0.3 is 9.42 Å². The average Bonchev–Trinajstić information content (AvgIpc) is 2.71. The summed E-state index contributed by atoms with van der Waals surface area (Å²) in [6.45, 7) is 8.20. The first-order valence-corrected chi connectivity index (χ1v) is 6.36. The highest BCUT2D eigenvalue weighted by Crippen LogP contribution is 2.20. The lowest BCUT2D eigenvalue weighted by atomic mass is 10.1. The zero-order chi connectivity index (χ0) is 14.0. The van der Waals surface area contributed by atoms with Crippen LogP contribution in [0.4, 0.5) is 5.69 Å². The third kappa shape index (κ3) is 2.52. The Morgan fingerprint density at radius 1 is 1.32 bits per heavy atom. The van der Waals surface area contributed by atoms with Crippen molar-refractivity contribution in [3.05, 3.63) is 46.8 Å². The van der Waals surface area contributed by atoms with Crippen LogP contribution < -0.4 is 4.90 Å². The topological polar surface area (TPSA) is 46.3 Å². The van der Waals surface area contributed by atoms with Crippen LogP contribution in [-0.2, 0) is 0 Å². The Labute approximate surface area is 113 Å². The Bertz CT molecular complexity index is 602. The van der Waals surface area contributed by atoms with Crippen LogP contribution in [0.1, 0.15) is 34.3 Å². The summed E-state index contributed by atoms with van der Waals surface area (Å²) in [4.78, 5) is 14.2. The average molecular weight is 258 g/mol. The highest BCUT2D eigenvalue weighted by atomic mass is 16.5. The van der Waals surface area contributed by atoms with Crippen molar-refractivity contribution in [1.82, 2.24) is 5.16 Å². The number of nitrogens with zero attached hydrogens (tertiary/aromatic N) is 2. The molecule has 2 rings (SSSR count). The number of carbonyl (C=O) groups is 1. The van der Waals surface area contributed by atoms with E-state index in [2.05, 4.69) is 5.16 Å². The van der Waals surface area contributed by atoms with Gasteiger partial charge in [-0.25, -0.2) is 0 Å². The minimum atomic E-state index is -0.123. The molecular weight excluding hydrogens is 240 g/mol. The molecule has 100 valence electrons. The van der Waals surface area contributed by atoms with E-state index >= 15 is 0 Å². The summed E-state index contributed by atoms with van der Waals surface area (Å²) < 4.78 is 5.07. The van der Waals surface area contributed by atoms with Gasteiger partial charge in [0, 0.05) is 17.8 Å². The first kappa shape index (κ1) is 13.3. The predicted molar refractivity (Wildman–Crippen MR) is 74.5 cm³/mol. The second-order valence-corrected chi connectivity index (χ2v) is 4.60. The smallest absolute Gasteiger partial charge is 0.280 e. The molecule has 4 nitrogen and oxygen atoms in total. The molecule has 19 heavy (non-hydrogen) atoms. The Balaban J connectivity index is 2.37. The number of hydrogen-bond donors (Lipinski definition) is 0. The van der Waals surface area contributed by atoms with Gasteiger partial charge in [-0.2, -0.15) is 0 Å². The molecule has 0 atom stereocenters. The minimum absolute atomic E-state index is 0.123. The number of aromatic nitrogens is 1. The lowest BCUT2D eigenvalue weighted by molar-refractivity contribution is 0.0979. The van der Waals surface area contributed by atoms with Crippen LogP contribution in [0.5, 0.6) is 0 Å². The SMILES string of the molecule is CCN(C(=O)c1noc(C)c1C)c1cccc(C)c1. The quantitative estimate of drug-likeness (QED) is 0.848. The third-order valence-corrected chi connectivity index (χ3v) is 3.23. The number of carbonyl (C=O) groups excluding carboxylic acids is 1. The van der Waals surface area contributed by atoms with Crippen LogP contribution in [0, 0.1) is 20.8 Å². The summed E-state index contributed by atoms with van der Waals surface area (Å²) in [6.07, 6.45) is 0. The molecule has 1 aromatic heterocycles. The Morgan fingerprint density at radius 2 is 2.05 bits per heavy atom. The van der Waals surface area contributed by atoms with E-state index in [9.17, 15) is 4.79 Å². The van der Waals surface area contributed by atoms with Gasteiger partial charge in [-0.05, 0) is 45.4 Å². The van der Waals surface area contributed by atoms with Gasteiger partial charge >= 0.3 is 0 Å². The molecule has 1 amide bonds. The molecule has 0 aliphatic rings. The zero-order valence-corrected chi connectivity index (χ0v) is 11.7. The summed E-state index contributed by atoms with van der Waals surface area (Å²) in [5.41, 5.74) is 3.20. The molecule has 0 aliphatic heterocycles. The number of anilines is 1. The molecule has 0 unspecified atom stereocenters. The fourth-order valence-corrected chi connectivity index (χ4v) is 1.98. The number of aryl methyl sites for hydroxylation is 2. The van der Waals surface area contributed by atoms with Crippen molar-refractivity contribution in [2.45, 2.75) is 27.7 Å². The number of hydrogen-bond acceptors (Lipinski definition) is 3. The molecule has 0 radical (unpaired) electrons. The van der Waals surface area contributed by atoms with E-state index in [-0.39, 0.29) is 5.91 Å². The summed E-state index contributed by atoms with van der Waals surface area (Å²) in [7, 11) is 0. The van der Waals surface area contributed by atoms with Gasteiger partial charge in [0.15, 0.2) is 5.69 Å². The third-order valence-electron chi connectivity index (χ3n) is 3.23. The lowest BCUT2D eigenvalue weighted by Gasteiger charge is -2.20. The van der Waals surface area contributed by atoms with Crippen LogP contribution in [-0.4, -0.2) is 17.6 Å². The number of benzene rings is 1. The second kappa shape index (κ2) is 5.26. The number of rotatable bonds is 3. The Hall–Kier alpha value is -2.10. The molecule has 2 aromatic rings. The van der Waals surface area contributed by atoms with E-state index in [1.165, 1.54) is 0 Å². The molecule has 0 aliphatic carbocycles. The van der Waals surface area contributed by atoms with Crippen molar-refractivity contribution < 1.29 is 9.32 Å². The fourth-order valence-electron chi connectivity index (χ4n) is 1.98. The van der Waals surface area contributed by atoms with Gasteiger partial charge in [-0.1, -0.05) is 17.3 Å². The molecule has 0 saturated carbocycles. The van der Waals surface area contributed by atoms with Crippen molar-refractivity contribution >= 4 is 11.6 Å². The Morgan fingerprint density at radius 3 is 2.58 bits per heavy atom. The highest BCUT2D eigenvalue weighted by Gasteiger charge is 2.22. The van der Waals surface area contributed by atoms with E-state index in [0.717, 1.165) is 16.8 Å². The second-order valence-electron chi connectivity index (χ2n) is 4.60. The fraction of sp³-hybridized carbons (Fsp3) is 0.333. The summed E-state index contributed by atoms with van der Waals surface area (Å²) >= 11 is 0. The van der Waals surface area contributed by atoms with Gasteiger partial charge in [0.05, 0.1) is 0 Å². The van der Waals surface area contributed by atoms with Gasteiger partial charge in [0.1, 0.15) is 5.76 Å². The zero-order valence-electron chi connectivity index (χ0n) is 11.7. The van der Waals surface area contributed by atoms with Gasteiger partial charge in [0.25, 0.3) is 5.91 Å². The van der Waals surface area contributed by atoms with E-state index in [1.54, 1.807) is 4.90 Å². The van der Waals surface area contributed by atoms with E-state index < -0.39 is 0 Å². The lowest BCUT2D eigenvalue weighted by Crippen LogP contribution is -2.31. The minimum Gasteiger partial charge on any atom is -0.361 e. The largest absolute Gasteiger partial charge is 0.361 e. The predicted octanol–water partition coefficient (Wildman–Crippen LogP) is 3.27. The Kier molecular flexibility index (Phi) is 3.69. The molecule has 0 bridgehead atoms. The molecule has 4 heteroatoms. The molecule has 0 fully saturated rings. The van der Waals surface area contributed by atoms with Crippen molar-refractivity contribution in [1.29, 1.82) is 0 Å². The van der Waals surface area contributed by atoms with Crippen molar-refractivity contribution in [2.75, 3.05) is 11.4 Å². The first-order chi connectivity index (χ1) is 9.04. The maximum atomic E-state index is 12.5. The molecule has 0 saturated heterocycles. The molecule has 1 heterocycles. The van der Waals surface area contributed by atoms with Crippen LogP contribution in [0.25, 0.3) is 0 Å². The van der Waals surface area contributed by atoms with Crippen LogP contribution in [0.2, 0.25) is 0 Å². The van der Waals surface area contributed by atoms with Crippen LogP contribution in [0.3, 0.4) is 0 Å².